The molecule has 1 heterocycles. The summed E-state index contributed by atoms with van der Waals surface area (Å²) >= 11 is 11.5. The molecule has 0 spiro atoms. The van der Waals surface area contributed by atoms with Gasteiger partial charge >= 0.3 is 0 Å². The highest BCUT2D eigenvalue weighted by Gasteiger charge is 2.11. The van der Waals surface area contributed by atoms with E-state index in [2.05, 4.69) is 9.97 Å². The molecule has 1 aromatic heterocycles. The van der Waals surface area contributed by atoms with Crippen LogP contribution < -0.4 is 9.47 Å². The molecule has 2 aromatic carbocycles. The van der Waals surface area contributed by atoms with E-state index in [0.29, 0.717) is 5.56 Å². The Hall–Kier alpha value is -2.51. The maximum absolute atomic E-state index is 14.2. The van der Waals surface area contributed by atoms with Gasteiger partial charge in [-0.25, -0.2) is 18.2 Å². The van der Waals surface area contributed by atoms with Gasteiger partial charge in [-0.2, -0.15) is 4.98 Å². The first-order valence-corrected chi connectivity index (χ1v) is 7.90. The first kappa shape index (κ1) is 18.3. The molecule has 4 nitrogen and oxygen atoms in total. The molecule has 0 radical (unpaired) electrons. The highest BCUT2D eigenvalue weighted by molar-refractivity contribution is 6.32. The zero-order valence-corrected chi connectivity index (χ0v) is 14.4. The molecule has 0 bridgehead atoms. The molecule has 0 unspecified atom stereocenters. The second kappa shape index (κ2) is 7.80. The molecule has 134 valence electrons. The third-order valence-corrected chi connectivity index (χ3v) is 3.61. The molecule has 3 aromatic rings. The maximum atomic E-state index is 14.2. The maximum Gasteiger partial charge on any atom is 0.237 e. The number of aromatic nitrogens is 2. The van der Waals surface area contributed by atoms with Crippen LogP contribution in [-0.2, 0) is 6.61 Å². The molecular formula is C17H9Cl2F3N2O2. The van der Waals surface area contributed by atoms with E-state index in [1.54, 1.807) is 0 Å². The Morgan fingerprint density at radius 2 is 1.73 bits per heavy atom. The van der Waals surface area contributed by atoms with Gasteiger partial charge in [-0.05, 0) is 41.4 Å². The van der Waals surface area contributed by atoms with E-state index in [9.17, 15) is 13.2 Å². The summed E-state index contributed by atoms with van der Waals surface area (Å²) in [4.78, 5) is 7.50. The zero-order chi connectivity index (χ0) is 18.7. The summed E-state index contributed by atoms with van der Waals surface area (Å²) in [5.41, 5.74) is 0.464. The normalized spacial score (nSPS) is 10.7. The van der Waals surface area contributed by atoms with Crippen LogP contribution in [0.1, 0.15) is 5.56 Å². The molecular weight excluding hydrogens is 392 g/mol. The minimum absolute atomic E-state index is 0.0323. The summed E-state index contributed by atoms with van der Waals surface area (Å²) in [5, 5.41) is 0.124. The fourth-order valence-electron chi connectivity index (χ4n) is 1.97. The second-order valence-electron chi connectivity index (χ2n) is 5.02. The van der Waals surface area contributed by atoms with Crippen molar-refractivity contribution in [1.29, 1.82) is 0 Å². The number of benzene rings is 2. The highest BCUT2D eigenvalue weighted by atomic mass is 35.5. The van der Waals surface area contributed by atoms with Crippen molar-refractivity contribution in [3.63, 3.8) is 0 Å². The van der Waals surface area contributed by atoms with Gasteiger partial charge < -0.3 is 9.47 Å². The number of nitrogens with zero attached hydrogens (tertiary/aromatic N) is 2. The van der Waals surface area contributed by atoms with Gasteiger partial charge in [0, 0.05) is 6.07 Å². The lowest BCUT2D eigenvalue weighted by molar-refractivity contribution is 0.292. The van der Waals surface area contributed by atoms with Gasteiger partial charge in [0.25, 0.3) is 0 Å². The molecule has 0 N–H and O–H groups in total. The van der Waals surface area contributed by atoms with Gasteiger partial charge in [-0.15, -0.1) is 0 Å². The van der Waals surface area contributed by atoms with E-state index in [4.69, 9.17) is 32.7 Å². The largest absolute Gasteiger partial charge is 0.472 e. The molecule has 26 heavy (non-hydrogen) atoms. The Labute approximate surface area is 156 Å². The van der Waals surface area contributed by atoms with Crippen molar-refractivity contribution in [3.8, 4) is 17.4 Å². The Bertz CT molecular complexity index is 957. The van der Waals surface area contributed by atoms with Crippen molar-refractivity contribution in [2.45, 2.75) is 6.61 Å². The highest BCUT2D eigenvalue weighted by Crippen LogP contribution is 2.27. The predicted octanol–water partition coefficient (Wildman–Crippen LogP) is 5.57. The van der Waals surface area contributed by atoms with Gasteiger partial charge in [0.1, 0.15) is 17.4 Å². The number of hydrogen-bond acceptors (Lipinski definition) is 4. The number of halogens is 5. The van der Waals surface area contributed by atoms with E-state index in [0.717, 1.165) is 12.1 Å². The minimum atomic E-state index is -1.09. The van der Waals surface area contributed by atoms with Crippen LogP contribution in [0.25, 0.3) is 0 Å². The van der Waals surface area contributed by atoms with E-state index in [1.165, 1.54) is 30.5 Å². The van der Waals surface area contributed by atoms with E-state index >= 15 is 0 Å². The van der Waals surface area contributed by atoms with Gasteiger partial charge in [0.2, 0.25) is 11.2 Å². The van der Waals surface area contributed by atoms with Crippen molar-refractivity contribution >= 4 is 23.2 Å². The van der Waals surface area contributed by atoms with Crippen LogP contribution in [0.15, 0.2) is 42.6 Å². The van der Waals surface area contributed by atoms with Crippen molar-refractivity contribution < 1.29 is 22.6 Å². The lowest BCUT2D eigenvalue weighted by atomic mass is 10.2. The van der Waals surface area contributed by atoms with Crippen molar-refractivity contribution in [2.75, 3.05) is 0 Å². The third-order valence-electron chi connectivity index (χ3n) is 3.17. The van der Waals surface area contributed by atoms with E-state index in [-0.39, 0.29) is 34.3 Å². The summed E-state index contributed by atoms with van der Waals surface area (Å²) < 4.78 is 50.8. The first-order valence-electron chi connectivity index (χ1n) is 7.14. The molecule has 0 fully saturated rings. The average molecular weight is 401 g/mol. The summed E-state index contributed by atoms with van der Waals surface area (Å²) in [6, 6.07) is 6.95. The van der Waals surface area contributed by atoms with Gasteiger partial charge in [0.05, 0.1) is 6.20 Å². The third kappa shape index (κ3) is 4.36. The molecule has 0 aliphatic rings. The zero-order valence-electron chi connectivity index (χ0n) is 12.8. The second-order valence-corrected chi connectivity index (χ2v) is 5.77. The lowest BCUT2D eigenvalue weighted by Gasteiger charge is -2.10. The fourth-order valence-corrected chi connectivity index (χ4v) is 2.24. The molecule has 3 rings (SSSR count). The van der Waals surface area contributed by atoms with Crippen LogP contribution >= 0.6 is 23.2 Å². The minimum Gasteiger partial charge on any atom is -0.472 e. The van der Waals surface area contributed by atoms with Gasteiger partial charge in [0.15, 0.2) is 23.2 Å². The SMILES string of the molecule is Fc1ccc(Oc2ccc(COc3nc(Cl)ncc3Cl)cc2F)cc1F. The van der Waals surface area contributed by atoms with Crippen molar-refractivity contribution in [1.82, 2.24) is 9.97 Å². The molecule has 9 heteroatoms. The molecule has 0 saturated heterocycles. The van der Waals surface area contributed by atoms with Crippen molar-refractivity contribution in [2.24, 2.45) is 0 Å². The first-order chi connectivity index (χ1) is 12.4. The standard InChI is InChI=1S/C17H9Cl2F3N2O2/c18-11-7-23-17(19)24-16(11)25-8-9-1-4-15(14(22)5-9)26-10-2-3-12(20)13(21)6-10/h1-7H,8H2. The summed E-state index contributed by atoms with van der Waals surface area (Å²) in [6.07, 6.45) is 1.28. The Morgan fingerprint density at radius 3 is 2.46 bits per heavy atom. The lowest BCUT2D eigenvalue weighted by Crippen LogP contribution is -2.00. The van der Waals surface area contributed by atoms with Crippen LogP contribution in [0.2, 0.25) is 10.3 Å². The predicted molar refractivity (Wildman–Crippen MR) is 89.2 cm³/mol. The van der Waals surface area contributed by atoms with Crippen molar-refractivity contribution in [3.05, 3.63) is 75.9 Å². The monoisotopic (exact) mass is 400 g/mol. The Morgan fingerprint density at radius 1 is 0.923 bits per heavy atom. The number of hydrogen-bond donors (Lipinski definition) is 0. The number of rotatable bonds is 5. The Kier molecular flexibility index (Phi) is 5.49. The molecule has 0 aliphatic heterocycles. The van der Waals surface area contributed by atoms with Crippen LogP contribution in [0, 0.1) is 17.5 Å². The van der Waals surface area contributed by atoms with Crippen LogP contribution in [-0.4, -0.2) is 9.97 Å². The fraction of sp³-hybridized carbons (Fsp3) is 0.0588. The van der Waals surface area contributed by atoms with E-state index < -0.39 is 17.5 Å². The molecule has 0 aliphatic carbocycles. The quantitative estimate of drug-likeness (QED) is 0.525. The Balaban J connectivity index is 1.70. The van der Waals surface area contributed by atoms with E-state index in [1.807, 2.05) is 0 Å². The van der Waals surface area contributed by atoms with Crippen LogP contribution in [0.5, 0.6) is 17.4 Å². The van der Waals surface area contributed by atoms with Crippen LogP contribution in [0.3, 0.4) is 0 Å². The smallest absolute Gasteiger partial charge is 0.237 e. The summed E-state index contributed by atoms with van der Waals surface area (Å²) in [6.45, 7) is -0.0323. The average Bonchev–Trinajstić information content (AvgIpc) is 2.61. The van der Waals surface area contributed by atoms with Crippen LogP contribution in [0.4, 0.5) is 13.2 Å². The number of ether oxygens (including phenoxy) is 2. The van der Waals surface area contributed by atoms with Gasteiger partial charge in [-0.1, -0.05) is 17.7 Å². The topological polar surface area (TPSA) is 44.2 Å². The molecule has 0 atom stereocenters. The van der Waals surface area contributed by atoms with Gasteiger partial charge in [-0.3, -0.25) is 0 Å². The molecule has 0 amide bonds. The summed E-state index contributed by atoms with van der Waals surface area (Å²) in [7, 11) is 0. The summed E-state index contributed by atoms with van der Waals surface area (Å²) in [5.74, 6) is -2.93. The molecule has 0 saturated carbocycles.